The second-order valence-electron chi connectivity index (χ2n) is 11.5. The minimum Gasteiger partial charge on any atom is -0.389 e. The zero-order valence-corrected chi connectivity index (χ0v) is 17.7. The number of hydrogen-bond donors (Lipinski definition) is 1. The second-order valence-corrected chi connectivity index (χ2v) is 11.5. The Morgan fingerprint density at radius 1 is 0.923 bits per heavy atom. The Labute approximate surface area is 159 Å². The monoisotopic (exact) mass is 358 g/mol. The number of Topliss-reactive ketones (excluding diaryl/α,β-unsaturated/α-hetero) is 1. The van der Waals surface area contributed by atoms with Gasteiger partial charge in [0.15, 0.2) is 0 Å². The van der Waals surface area contributed by atoms with Gasteiger partial charge in [-0.3, -0.25) is 4.79 Å². The van der Waals surface area contributed by atoms with Crippen LogP contribution in [0.4, 0.5) is 0 Å². The highest BCUT2D eigenvalue weighted by atomic mass is 16.3. The lowest BCUT2D eigenvalue weighted by molar-refractivity contribution is -0.192. The average molecular weight is 359 g/mol. The summed E-state index contributed by atoms with van der Waals surface area (Å²) in [5.74, 6) is 2.24. The van der Waals surface area contributed by atoms with E-state index in [1.54, 1.807) is 0 Å². The molecule has 0 bridgehead atoms. The van der Waals surface area contributed by atoms with Crippen molar-refractivity contribution in [2.75, 3.05) is 0 Å². The van der Waals surface area contributed by atoms with Gasteiger partial charge in [0.2, 0.25) is 0 Å². The molecular formula is C24H38O2. The number of allylic oxidation sites excluding steroid dienone is 1. The molecule has 0 heterocycles. The third-order valence-electron chi connectivity index (χ3n) is 9.95. The van der Waals surface area contributed by atoms with E-state index in [2.05, 4.69) is 47.6 Å². The van der Waals surface area contributed by atoms with Crippen molar-refractivity contribution in [2.24, 2.45) is 39.4 Å². The van der Waals surface area contributed by atoms with Crippen molar-refractivity contribution < 1.29 is 9.90 Å². The number of carbonyl (C=O) groups excluding carboxylic acids is 1. The molecule has 7 atom stereocenters. The molecule has 1 N–H and O–H groups in total. The van der Waals surface area contributed by atoms with Crippen molar-refractivity contribution in [3.63, 3.8) is 0 Å². The van der Waals surface area contributed by atoms with E-state index in [1.165, 1.54) is 31.3 Å². The first-order valence-electron chi connectivity index (χ1n) is 10.9. The molecule has 26 heavy (non-hydrogen) atoms. The number of fused-ring (bicyclic) bond motifs is 5. The highest BCUT2D eigenvalue weighted by Gasteiger charge is 2.65. The van der Waals surface area contributed by atoms with Crippen LogP contribution in [0.5, 0.6) is 0 Å². The smallest absolute Gasteiger partial charge is 0.138 e. The maximum absolute atomic E-state index is 12.7. The van der Waals surface area contributed by atoms with E-state index < -0.39 is 0 Å². The lowest BCUT2D eigenvalue weighted by Gasteiger charge is -2.68. The summed E-state index contributed by atoms with van der Waals surface area (Å²) in [7, 11) is 0. The molecule has 4 aliphatic carbocycles. The van der Waals surface area contributed by atoms with Gasteiger partial charge >= 0.3 is 0 Å². The predicted molar refractivity (Wildman–Crippen MR) is 106 cm³/mol. The molecule has 3 fully saturated rings. The van der Waals surface area contributed by atoms with E-state index in [1.807, 2.05) is 0 Å². The Kier molecular flexibility index (Phi) is 3.93. The zero-order valence-electron chi connectivity index (χ0n) is 17.7. The molecule has 0 aromatic carbocycles. The minimum atomic E-state index is -0.265. The van der Waals surface area contributed by atoms with Gasteiger partial charge in [0.05, 0.1) is 6.10 Å². The summed E-state index contributed by atoms with van der Waals surface area (Å²) in [6.07, 6.45) is 9.81. The van der Waals surface area contributed by atoms with Crippen LogP contribution in [0.15, 0.2) is 11.6 Å². The topological polar surface area (TPSA) is 37.3 Å². The molecule has 4 aliphatic rings. The van der Waals surface area contributed by atoms with Crippen LogP contribution >= 0.6 is 0 Å². The number of ketones is 1. The third kappa shape index (κ3) is 2.23. The molecule has 0 spiro atoms. The summed E-state index contributed by atoms with van der Waals surface area (Å²) >= 11 is 0. The number of carbonyl (C=O) groups is 1. The van der Waals surface area contributed by atoms with E-state index in [-0.39, 0.29) is 27.8 Å². The van der Waals surface area contributed by atoms with Crippen molar-refractivity contribution in [2.45, 2.75) is 92.6 Å². The molecule has 0 aliphatic heterocycles. The Morgan fingerprint density at radius 3 is 2.23 bits per heavy atom. The van der Waals surface area contributed by atoms with Gasteiger partial charge in [-0.2, -0.15) is 0 Å². The summed E-state index contributed by atoms with van der Waals surface area (Å²) in [4.78, 5) is 12.7. The number of hydrogen-bond acceptors (Lipinski definition) is 2. The fraction of sp³-hybridized carbons (Fsp3) is 0.875. The van der Waals surface area contributed by atoms with Gasteiger partial charge in [0, 0.05) is 11.8 Å². The quantitative estimate of drug-likeness (QED) is 0.577. The lowest BCUT2D eigenvalue weighted by Crippen LogP contribution is -2.63. The molecular weight excluding hydrogens is 320 g/mol. The van der Waals surface area contributed by atoms with Crippen LogP contribution in [0.3, 0.4) is 0 Å². The highest BCUT2D eigenvalue weighted by molar-refractivity contribution is 5.85. The fourth-order valence-electron chi connectivity index (χ4n) is 8.58. The van der Waals surface area contributed by atoms with E-state index in [0.717, 1.165) is 19.3 Å². The Hall–Kier alpha value is -0.630. The molecule has 0 aromatic rings. The minimum absolute atomic E-state index is 0.169. The molecule has 0 saturated heterocycles. The Balaban J connectivity index is 1.75. The van der Waals surface area contributed by atoms with Crippen LogP contribution in [-0.2, 0) is 4.79 Å². The molecule has 0 radical (unpaired) electrons. The van der Waals surface area contributed by atoms with Gasteiger partial charge in [-0.25, -0.2) is 0 Å². The Morgan fingerprint density at radius 2 is 1.54 bits per heavy atom. The summed E-state index contributed by atoms with van der Waals surface area (Å²) in [6, 6.07) is 0. The first-order chi connectivity index (χ1) is 11.9. The maximum atomic E-state index is 12.7. The molecule has 1 unspecified atom stereocenters. The highest BCUT2D eigenvalue weighted by Crippen LogP contribution is 2.71. The van der Waals surface area contributed by atoms with E-state index in [9.17, 15) is 9.90 Å². The average Bonchev–Trinajstić information content (AvgIpc) is 2.53. The first kappa shape index (κ1) is 18.7. The van der Waals surface area contributed by atoms with Crippen LogP contribution in [0.2, 0.25) is 0 Å². The molecule has 3 saturated carbocycles. The van der Waals surface area contributed by atoms with Gasteiger partial charge in [-0.1, -0.05) is 40.7 Å². The summed E-state index contributed by atoms with van der Waals surface area (Å²) < 4.78 is 0. The van der Waals surface area contributed by atoms with Crippen molar-refractivity contribution in [1.82, 2.24) is 0 Å². The largest absolute Gasteiger partial charge is 0.389 e. The SMILES string of the molecule is CC1=C[C@@]2(C)CC[C@@H]3[C@@]4(C)CCC(=O)C(C)(C)[C@@H]4CC[C@@]3(C)C2C[C@H]1O. The molecule has 0 amide bonds. The van der Waals surface area contributed by atoms with Crippen molar-refractivity contribution in [1.29, 1.82) is 0 Å². The van der Waals surface area contributed by atoms with Crippen LogP contribution < -0.4 is 0 Å². The van der Waals surface area contributed by atoms with E-state index in [0.29, 0.717) is 23.5 Å². The summed E-state index contributed by atoms with van der Waals surface area (Å²) in [5, 5.41) is 10.6. The van der Waals surface area contributed by atoms with Crippen LogP contribution in [0, 0.1) is 39.4 Å². The molecule has 146 valence electrons. The third-order valence-corrected chi connectivity index (χ3v) is 9.95. The molecule has 0 aromatic heterocycles. The Bertz CT molecular complexity index is 661. The van der Waals surface area contributed by atoms with Crippen LogP contribution in [0.1, 0.15) is 86.5 Å². The molecule has 2 heteroatoms. The predicted octanol–water partition coefficient (Wildman–Crippen LogP) is 5.54. The van der Waals surface area contributed by atoms with Gasteiger partial charge in [0.1, 0.15) is 5.78 Å². The number of aliphatic hydroxyl groups excluding tert-OH is 1. The van der Waals surface area contributed by atoms with Gasteiger partial charge < -0.3 is 5.11 Å². The van der Waals surface area contributed by atoms with Gasteiger partial charge in [0.25, 0.3) is 0 Å². The summed E-state index contributed by atoms with van der Waals surface area (Å²) in [5.41, 5.74) is 1.80. The standard InChI is InChI=1S/C24H38O2/c1-15-14-22(4)10-7-18-23(5)12-9-20(26)21(2,3)17(23)8-11-24(18,6)19(22)13-16(15)25/h14,16-19,25H,7-13H2,1-6H3/t16-,17+,18-,19?,22-,23+,24-/m1/s1. The number of rotatable bonds is 0. The zero-order chi connectivity index (χ0) is 19.1. The molecule has 2 nitrogen and oxygen atoms in total. The van der Waals surface area contributed by atoms with Crippen molar-refractivity contribution in [3.05, 3.63) is 11.6 Å². The van der Waals surface area contributed by atoms with E-state index in [4.69, 9.17) is 0 Å². The first-order valence-corrected chi connectivity index (χ1v) is 10.9. The normalized spacial score (nSPS) is 53.2. The lowest BCUT2D eigenvalue weighted by atomic mass is 9.36. The maximum Gasteiger partial charge on any atom is 0.138 e. The summed E-state index contributed by atoms with van der Waals surface area (Å²) in [6.45, 7) is 14.0. The van der Waals surface area contributed by atoms with E-state index >= 15 is 0 Å². The van der Waals surface area contributed by atoms with Gasteiger partial charge in [-0.05, 0) is 85.0 Å². The van der Waals surface area contributed by atoms with Crippen LogP contribution in [-0.4, -0.2) is 17.0 Å². The number of aliphatic hydroxyl groups is 1. The fourth-order valence-corrected chi connectivity index (χ4v) is 8.58. The van der Waals surface area contributed by atoms with Crippen LogP contribution in [0.25, 0.3) is 0 Å². The van der Waals surface area contributed by atoms with Crippen molar-refractivity contribution in [3.8, 4) is 0 Å². The van der Waals surface area contributed by atoms with Gasteiger partial charge in [-0.15, -0.1) is 0 Å². The van der Waals surface area contributed by atoms with Crippen molar-refractivity contribution >= 4 is 5.78 Å². The molecule has 4 rings (SSSR count). The second kappa shape index (κ2) is 5.46.